The monoisotopic (exact) mass is 643 g/mol. The molecule has 15 heteroatoms. The van der Waals surface area contributed by atoms with Crippen molar-refractivity contribution in [1.29, 1.82) is 0 Å². The van der Waals surface area contributed by atoms with Gasteiger partial charge in [0.15, 0.2) is 0 Å². The van der Waals surface area contributed by atoms with Crippen molar-refractivity contribution < 1.29 is 51.5 Å². The Morgan fingerprint density at radius 2 is 1.78 bits per heavy atom. The third-order valence-corrected chi connectivity index (χ3v) is 7.59. The molecular weight excluding hydrogens is 607 g/mol. The zero-order valence-corrected chi connectivity index (χ0v) is 24.8. The number of nitrogens with one attached hydrogen (secondary N) is 1. The summed E-state index contributed by atoms with van der Waals surface area (Å²) in [5.41, 5.74) is 3.17. The van der Waals surface area contributed by atoms with E-state index in [1.165, 1.54) is 17.4 Å². The molecule has 4 rings (SSSR count). The first kappa shape index (κ1) is 36.5. The maximum absolute atomic E-state index is 12.7. The fraction of sp³-hybridized carbons (Fsp3) is 0.462. The molecule has 1 saturated heterocycles. The van der Waals surface area contributed by atoms with Crippen LogP contribution in [-0.2, 0) is 41.8 Å². The summed E-state index contributed by atoms with van der Waals surface area (Å²) in [6.45, 7) is 5.07. The number of aliphatic hydroxyl groups is 1. The van der Waals surface area contributed by atoms with E-state index in [0.29, 0.717) is 12.0 Å². The van der Waals surface area contributed by atoms with E-state index in [4.69, 9.17) is 13.8 Å². The van der Waals surface area contributed by atoms with Gasteiger partial charge < -0.3 is 29.8 Å². The Kier molecular flexibility index (Phi) is 14.4. The largest absolute Gasteiger partial charge is 0.412 e. The Labute approximate surface area is 247 Å². The van der Waals surface area contributed by atoms with E-state index in [1.807, 2.05) is 31.2 Å². The Balaban J connectivity index is 0.00000280. The fourth-order valence-corrected chi connectivity index (χ4v) is 5.14. The van der Waals surface area contributed by atoms with Crippen LogP contribution in [-0.4, -0.2) is 67.7 Å². The van der Waals surface area contributed by atoms with Gasteiger partial charge in [-0.15, -0.1) is 0 Å². The summed E-state index contributed by atoms with van der Waals surface area (Å²) < 4.78 is 30.7. The van der Waals surface area contributed by atoms with Crippen molar-refractivity contribution >= 4 is 7.60 Å². The summed E-state index contributed by atoms with van der Waals surface area (Å²) in [4.78, 5) is 34.7. The molecule has 41 heavy (non-hydrogen) atoms. The zero-order chi connectivity index (χ0) is 27.3. The van der Waals surface area contributed by atoms with Gasteiger partial charge in [-0.1, -0.05) is 0 Å². The average Bonchev–Trinajstić information content (AvgIpc) is 3.25. The topological polar surface area (TPSA) is 209 Å². The Bertz CT molecular complexity index is 1430. The van der Waals surface area contributed by atoms with Gasteiger partial charge in [0.25, 0.3) is 5.56 Å². The quantitative estimate of drug-likeness (QED) is 0.176. The molecule has 0 bridgehead atoms. The van der Waals surface area contributed by atoms with Crippen LogP contribution in [0, 0.1) is 13.8 Å². The van der Waals surface area contributed by atoms with Gasteiger partial charge in [-0.05, 0) is 68.5 Å². The number of aliphatic hydroxyl groups excluding tert-OH is 1. The molecule has 0 aliphatic carbocycles. The van der Waals surface area contributed by atoms with Crippen LogP contribution in [0.1, 0.15) is 42.2 Å². The number of hydrogen-bond acceptors (Lipinski definition) is 9. The molecule has 0 saturated carbocycles. The van der Waals surface area contributed by atoms with Gasteiger partial charge in [0, 0.05) is 54.3 Å². The third kappa shape index (κ3) is 10.1. The minimum absolute atomic E-state index is 0. The van der Waals surface area contributed by atoms with E-state index in [0.717, 1.165) is 35.4 Å². The molecule has 3 aromatic heterocycles. The summed E-state index contributed by atoms with van der Waals surface area (Å²) in [5, 5.41) is 10.4. The Hall–Kier alpha value is -2.51. The van der Waals surface area contributed by atoms with Crippen LogP contribution in [0.15, 0.2) is 52.4 Å². The number of aromatic amines is 1. The predicted octanol–water partition coefficient (Wildman–Crippen LogP) is 1.49. The van der Waals surface area contributed by atoms with Crippen molar-refractivity contribution in [2.75, 3.05) is 19.9 Å². The first-order valence-corrected chi connectivity index (χ1v) is 14.5. The molecule has 2 unspecified atom stereocenters. The predicted molar refractivity (Wildman–Crippen MR) is 148 cm³/mol. The summed E-state index contributed by atoms with van der Waals surface area (Å²) in [5.74, 6) is 0. The van der Waals surface area contributed by atoms with Crippen molar-refractivity contribution in [1.82, 2.24) is 19.5 Å². The number of aryl methyl sites for hydroxylation is 3. The van der Waals surface area contributed by atoms with Gasteiger partial charge >= 0.3 is 13.3 Å². The van der Waals surface area contributed by atoms with Gasteiger partial charge in [0.2, 0.25) is 0 Å². The molecule has 0 spiro atoms. The number of nitrogens with zero attached hydrogens (tertiary/aromatic N) is 3. The van der Waals surface area contributed by atoms with Crippen LogP contribution in [0.5, 0.6) is 0 Å². The molecule has 1 aliphatic heterocycles. The molecule has 0 aromatic carbocycles. The number of aromatic nitrogens is 4. The maximum atomic E-state index is 12.7. The number of rotatable bonds is 11. The van der Waals surface area contributed by atoms with Gasteiger partial charge in [-0.25, -0.2) is 4.79 Å². The average molecular weight is 644 g/mol. The molecule has 3 aromatic rings. The van der Waals surface area contributed by atoms with Crippen LogP contribution < -0.4 is 11.2 Å². The zero-order valence-electron chi connectivity index (χ0n) is 23.0. The number of unbranched alkanes of at least 4 members (excludes halogenated alkanes) is 1. The van der Waals surface area contributed by atoms with Crippen molar-refractivity contribution in [3.05, 3.63) is 80.4 Å². The molecule has 6 N–H and O–H groups in total. The van der Waals surface area contributed by atoms with Crippen molar-refractivity contribution in [2.45, 2.75) is 58.0 Å². The van der Waals surface area contributed by atoms with E-state index < -0.39 is 37.3 Å². The first-order chi connectivity index (χ1) is 18.1. The molecular formula is C26H37CuN4O9P. The van der Waals surface area contributed by atoms with E-state index in [2.05, 4.69) is 15.0 Å². The molecule has 0 amide bonds. The van der Waals surface area contributed by atoms with E-state index in [9.17, 15) is 19.3 Å². The molecule has 4 heterocycles. The van der Waals surface area contributed by atoms with Crippen molar-refractivity contribution in [2.24, 2.45) is 0 Å². The number of pyridine rings is 2. The third-order valence-electron chi connectivity index (χ3n) is 6.32. The van der Waals surface area contributed by atoms with Crippen LogP contribution in [0.2, 0.25) is 0 Å². The molecule has 1 fully saturated rings. The van der Waals surface area contributed by atoms with Crippen LogP contribution in [0.3, 0.4) is 0 Å². The minimum Gasteiger partial charge on any atom is -0.412 e. The van der Waals surface area contributed by atoms with Gasteiger partial charge in [-0.3, -0.25) is 28.9 Å². The number of H-pyrrole nitrogens is 1. The number of hydrogen-bond donors (Lipinski definition) is 2. The van der Waals surface area contributed by atoms with Gasteiger partial charge in [-0.2, -0.15) is 0 Å². The Morgan fingerprint density at radius 1 is 1.10 bits per heavy atom. The van der Waals surface area contributed by atoms with Gasteiger partial charge in [0.05, 0.1) is 30.7 Å². The smallest absolute Gasteiger partial charge is 0.330 e. The summed E-state index contributed by atoms with van der Waals surface area (Å²) in [6, 6.07) is 7.94. The van der Waals surface area contributed by atoms with E-state index in [1.54, 1.807) is 19.3 Å². The summed E-state index contributed by atoms with van der Waals surface area (Å²) in [7, 11) is -3.38. The number of ether oxygens (including phenoxy) is 1. The summed E-state index contributed by atoms with van der Waals surface area (Å²) >= 11 is 0. The molecule has 4 atom stereocenters. The van der Waals surface area contributed by atoms with Crippen LogP contribution in [0.25, 0.3) is 11.4 Å². The minimum atomic E-state index is -3.38. The van der Waals surface area contributed by atoms with E-state index >= 15 is 0 Å². The van der Waals surface area contributed by atoms with Crippen LogP contribution >= 0.6 is 7.60 Å². The maximum Gasteiger partial charge on any atom is 0.330 e. The molecule has 231 valence electrons. The van der Waals surface area contributed by atoms with E-state index in [-0.39, 0.29) is 47.7 Å². The van der Waals surface area contributed by atoms with Crippen molar-refractivity contribution in [3.8, 4) is 11.4 Å². The molecule has 13 nitrogen and oxygen atoms in total. The second-order valence-electron chi connectivity index (χ2n) is 9.54. The normalized spacial score (nSPS) is 19.4. The standard InChI is InChI=1S/C26H33N4O7P.Cu.2H2O/c1-17-7-9-27-20(12-17)21-13-19(8-10-28-21)6-4-5-11-35-38(3,34)36-16-23-22(31)14-24(37-23)30-15-18(2)25(32)29-26(30)33;;;/h7-10,12-13,15,22-24,31H,4-6,11,14,16H2,1-3H3,(H,29,32,33);;2*1H2/t22?,23-,24-,38?;;;/m1.../s1. The Morgan fingerprint density at radius 3 is 2.49 bits per heavy atom. The van der Waals surface area contributed by atoms with Crippen LogP contribution in [0.4, 0.5) is 0 Å². The second kappa shape index (κ2) is 16.2. The molecule has 1 radical (unpaired) electrons. The molecule has 1 aliphatic rings. The van der Waals surface area contributed by atoms with Crippen molar-refractivity contribution in [3.63, 3.8) is 0 Å². The SMILES string of the molecule is Cc1ccnc(-c2cc(CCCCOP(C)(=O)OC[C@H]3O[C@@H](n4cc(C)c(=O)[nH]c4=O)CC3O)ccn2)c1.O.O.[Cu]. The first-order valence-electron chi connectivity index (χ1n) is 12.5. The second-order valence-corrected chi connectivity index (χ2v) is 11.6. The summed E-state index contributed by atoms with van der Waals surface area (Å²) in [6.07, 6.45) is 4.89. The fourth-order valence-electron chi connectivity index (χ4n) is 4.19. The van der Waals surface area contributed by atoms with Gasteiger partial charge in [0.1, 0.15) is 12.3 Å².